The Kier molecular flexibility index (Phi) is 59.2. The number of amides is 1. The Balaban J connectivity index is 3.63. The van der Waals surface area contributed by atoms with E-state index in [9.17, 15) is 25.2 Å². The van der Waals surface area contributed by atoms with E-state index in [2.05, 4.69) is 55.6 Å². The summed E-state index contributed by atoms with van der Waals surface area (Å²) in [6.07, 6.45) is 76.8. The van der Waals surface area contributed by atoms with Crippen LogP contribution in [-0.2, 0) is 4.79 Å². The van der Waals surface area contributed by atoms with Crippen molar-refractivity contribution in [2.24, 2.45) is 0 Å². The molecule has 4 atom stereocenters. The van der Waals surface area contributed by atoms with Crippen LogP contribution in [0.15, 0.2) is 36.5 Å². The SMILES string of the molecule is CCCCCCCCCCCCCCCCC/C=C/CC/C=C/CC/C=C/CCCC(O)C(O)C(CO)NC(=O)C(O)CCCCCCCCCCCCCCCCCCCCCCCCCCCCCC. The van der Waals surface area contributed by atoms with Crippen LogP contribution in [0.3, 0.4) is 0 Å². The molecule has 6 heteroatoms. The Morgan fingerprint density at radius 1 is 0.333 bits per heavy atom. The molecule has 0 aliphatic rings. The average molecular weight is 1010 g/mol. The van der Waals surface area contributed by atoms with Gasteiger partial charge in [0.05, 0.1) is 18.8 Å². The van der Waals surface area contributed by atoms with E-state index in [1.165, 1.54) is 263 Å². The topological polar surface area (TPSA) is 110 Å². The van der Waals surface area contributed by atoms with Crippen molar-refractivity contribution in [3.63, 3.8) is 0 Å². The number of allylic oxidation sites excluding steroid dienone is 6. The molecular weight excluding hydrogens is 887 g/mol. The molecular formula is C66H127NO5. The first-order valence-electron chi connectivity index (χ1n) is 32.4. The lowest BCUT2D eigenvalue weighted by atomic mass is 10.00. The summed E-state index contributed by atoms with van der Waals surface area (Å²) in [6.45, 7) is 4.09. The van der Waals surface area contributed by atoms with E-state index >= 15 is 0 Å². The van der Waals surface area contributed by atoms with Crippen LogP contribution in [0.1, 0.15) is 348 Å². The van der Waals surface area contributed by atoms with Crippen molar-refractivity contribution in [1.82, 2.24) is 5.32 Å². The monoisotopic (exact) mass is 1010 g/mol. The number of hydrogen-bond acceptors (Lipinski definition) is 5. The average Bonchev–Trinajstić information content (AvgIpc) is 3.39. The molecule has 0 radical (unpaired) electrons. The number of rotatable bonds is 60. The standard InChI is InChI=1S/C66H127NO5/c1-3-5-7-9-11-13-15-17-19-21-23-25-27-29-31-33-35-37-39-41-43-45-47-49-51-53-55-57-59-63(69)65(71)62(61-68)67-66(72)64(70)60-58-56-54-52-50-48-46-44-42-40-38-36-34-32-30-28-26-24-22-20-18-16-14-12-10-8-6-4-2/h35,37,43,45,51,53,62-65,68-71H,3-34,36,38-42,44,46-50,52,54-61H2,1-2H3,(H,67,72)/b37-35+,45-43+,53-51+. The van der Waals surface area contributed by atoms with E-state index in [1.54, 1.807) is 0 Å². The Morgan fingerprint density at radius 3 is 0.875 bits per heavy atom. The normalized spacial score (nSPS) is 13.8. The molecule has 0 heterocycles. The molecule has 0 fully saturated rings. The first-order chi connectivity index (χ1) is 35.5. The molecule has 5 N–H and O–H groups in total. The largest absolute Gasteiger partial charge is 0.394 e. The van der Waals surface area contributed by atoms with Crippen molar-refractivity contribution < 1.29 is 25.2 Å². The zero-order valence-electron chi connectivity index (χ0n) is 48.4. The Labute approximate surface area is 449 Å². The third-order valence-corrected chi connectivity index (χ3v) is 15.3. The van der Waals surface area contributed by atoms with Crippen LogP contribution in [-0.4, -0.2) is 57.3 Å². The molecule has 0 saturated heterocycles. The molecule has 426 valence electrons. The maximum absolute atomic E-state index is 12.6. The smallest absolute Gasteiger partial charge is 0.249 e. The summed E-state index contributed by atoms with van der Waals surface area (Å²) in [6, 6.07) is -1.01. The van der Waals surface area contributed by atoms with Crippen molar-refractivity contribution in [1.29, 1.82) is 0 Å². The minimum atomic E-state index is -1.29. The van der Waals surface area contributed by atoms with Gasteiger partial charge in [-0.2, -0.15) is 0 Å². The molecule has 0 aliphatic carbocycles. The van der Waals surface area contributed by atoms with Crippen molar-refractivity contribution in [2.75, 3.05) is 6.61 Å². The van der Waals surface area contributed by atoms with Gasteiger partial charge in [0.25, 0.3) is 0 Å². The summed E-state index contributed by atoms with van der Waals surface area (Å²) in [5.41, 5.74) is 0. The Hall–Kier alpha value is -1.47. The van der Waals surface area contributed by atoms with Gasteiger partial charge in [0.15, 0.2) is 0 Å². The summed E-state index contributed by atoms with van der Waals surface area (Å²) >= 11 is 0. The quantitative estimate of drug-likeness (QED) is 0.0308. The van der Waals surface area contributed by atoms with Crippen LogP contribution in [0.5, 0.6) is 0 Å². The van der Waals surface area contributed by atoms with Gasteiger partial charge in [-0.1, -0.05) is 320 Å². The molecule has 6 nitrogen and oxygen atoms in total. The Bertz CT molecular complexity index is 1140. The van der Waals surface area contributed by atoms with Crippen LogP contribution in [0.4, 0.5) is 0 Å². The van der Waals surface area contributed by atoms with E-state index in [0.717, 1.165) is 51.4 Å². The molecule has 0 saturated carbocycles. The lowest BCUT2D eigenvalue weighted by molar-refractivity contribution is -0.132. The fourth-order valence-electron chi connectivity index (χ4n) is 10.3. The number of carbonyl (C=O) groups is 1. The molecule has 0 aromatic heterocycles. The summed E-state index contributed by atoms with van der Waals surface area (Å²) in [7, 11) is 0. The lowest BCUT2D eigenvalue weighted by Crippen LogP contribution is -2.53. The summed E-state index contributed by atoms with van der Waals surface area (Å²) in [4.78, 5) is 12.6. The van der Waals surface area contributed by atoms with E-state index in [-0.39, 0.29) is 0 Å². The summed E-state index contributed by atoms with van der Waals surface area (Å²) in [5, 5.41) is 44.1. The second kappa shape index (κ2) is 60.4. The van der Waals surface area contributed by atoms with Crippen LogP contribution in [0.25, 0.3) is 0 Å². The van der Waals surface area contributed by atoms with Gasteiger partial charge in [-0.05, 0) is 64.2 Å². The van der Waals surface area contributed by atoms with E-state index in [1.807, 2.05) is 0 Å². The Morgan fingerprint density at radius 2 is 0.583 bits per heavy atom. The number of hydrogen-bond donors (Lipinski definition) is 5. The van der Waals surface area contributed by atoms with E-state index < -0.39 is 36.9 Å². The second-order valence-electron chi connectivity index (χ2n) is 22.4. The molecule has 0 bridgehead atoms. The van der Waals surface area contributed by atoms with Crippen molar-refractivity contribution in [2.45, 2.75) is 372 Å². The highest BCUT2D eigenvalue weighted by molar-refractivity contribution is 5.80. The van der Waals surface area contributed by atoms with Gasteiger partial charge in [0.1, 0.15) is 12.2 Å². The van der Waals surface area contributed by atoms with Crippen molar-refractivity contribution >= 4 is 5.91 Å². The molecule has 0 spiro atoms. The summed E-state index contributed by atoms with van der Waals surface area (Å²) in [5.74, 6) is -0.593. The van der Waals surface area contributed by atoms with Gasteiger partial charge in [0.2, 0.25) is 5.91 Å². The second-order valence-corrected chi connectivity index (χ2v) is 22.4. The molecule has 0 rings (SSSR count). The van der Waals surface area contributed by atoms with Crippen LogP contribution >= 0.6 is 0 Å². The summed E-state index contributed by atoms with van der Waals surface area (Å²) < 4.78 is 0. The molecule has 1 amide bonds. The van der Waals surface area contributed by atoms with Crippen LogP contribution in [0.2, 0.25) is 0 Å². The van der Waals surface area contributed by atoms with Gasteiger partial charge in [-0.25, -0.2) is 0 Å². The molecule has 0 aromatic rings. The lowest BCUT2D eigenvalue weighted by Gasteiger charge is -2.27. The maximum Gasteiger partial charge on any atom is 0.249 e. The first-order valence-corrected chi connectivity index (χ1v) is 32.4. The zero-order valence-corrected chi connectivity index (χ0v) is 48.4. The highest BCUT2D eigenvalue weighted by Gasteiger charge is 2.28. The third-order valence-electron chi connectivity index (χ3n) is 15.3. The maximum atomic E-state index is 12.6. The van der Waals surface area contributed by atoms with Crippen molar-refractivity contribution in [3.05, 3.63) is 36.5 Å². The van der Waals surface area contributed by atoms with Gasteiger partial charge < -0.3 is 25.7 Å². The highest BCUT2D eigenvalue weighted by atomic mass is 16.3. The fourth-order valence-corrected chi connectivity index (χ4v) is 10.3. The molecule has 0 aliphatic heterocycles. The molecule has 72 heavy (non-hydrogen) atoms. The highest BCUT2D eigenvalue weighted by Crippen LogP contribution is 2.19. The zero-order chi connectivity index (χ0) is 52.3. The third kappa shape index (κ3) is 53.4. The van der Waals surface area contributed by atoms with Gasteiger partial charge in [-0.3, -0.25) is 4.79 Å². The number of unbranched alkanes of at least 4 members (excludes halogenated alkanes) is 45. The van der Waals surface area contributed by atoms with Gasteiger partial charge in [-0.15, -0.1) is 0 Å². The van der Waals surface area contributed by atoms with Crippen LogP contribution < -0.4 is 5.32 Å². The van der Waals surface area contributed by atoms with Gasteiger partial charge in [0, 0.05) is 0 Å². The molecule has 4 unspecified atom stereocenters. The number of nitrogens with one attached hydrogen (secondary N) is 1. The fraction of sp³-hybridized carbons (Fsp3) is 0.894. The van der Waals surface area contributed by atoms with E-state index in [4.69, 9.17) is 0 Å². The van der Waals surface area contributed by atoms with Crippen molar-refractivity contribution in [3.8, 4) is 0 Å². The number of aliphatic hydroxyl groups excluding tert-OH is 4. The predicted octanol–water partition coefficient (Wildman–Crippen LogP) is 19.5. The number of aliphatic hydroxyl groups is 4. The number of carbonyl (C=O) groups excluding carboxylic acids is 1. The van der Waals surface area contributed by atoms with E-state index in [0.29, 0.717) is 19.3 Å². The minimum Gasteiger partial charge on any atom is -0.394 e. The first kappa shape index (κ1) is 70.5. The van der Waals surface area contributed by atoms with Crippen LogP contribution in [0, 0.1) is 0 Å². The minimum absolute atomic E-state index is 0.362. The predicted molar refractivity (Wildman–Crippen MR) is 316 cm³/mol. The van der Waals surface area contributed by atoms with Gasteiger partial charge >= 0.3 is 0 Å². The molecule has 0 aromatic carbocycles.